The topological polar surface area (TPSA) is 71.8 Å². The molecule has 1 aliphatic heterocycles. The Kier molecular flexibility index (Phi) is 5.52. The minimum Gasteiger partial charge on any atom is -0.351 e. The Balaban J connectivity index is 1.80. The van der Waals surface area contributed by atoms with Gasteiger partial charge in [0.1, 0.15) is 0 Å². The molecule has 0 aromatic carbocycles. The van der Waals surface area contributed by atoms with E-state index >= 15 is 0 Å². The molecule has 1 saturated heterocycles. The second kappa shape index (κ2) is 7.38. The molecule has 2 N–H and O–H groups in total. The normalized spacial score (nSPS) is 16.6. The van der Waals surface area contributed by atoms with Crippen molar-refractivity contribution in [3.63, 3.8) is 0 Å². The van der Waals surface area contributed by atoms with Crippen LogP contribution in [0.25, 0.3) is 0 Å². The monoisotopic (exact) mass is 279 g/mol. The van der Waals surface area contributed by atoms with Crippen molar-refractivity contribution < 1.29 is 4.79 Å². The zero-order valence-corrected chi connectivity index (χ0v) is 12.4. The highest BCUT2D eigenvalue weighted by Crippen LogP contribution is 2.16. The maximum atomic E-state index is 11.9. The van der Waals surface area contributed by atoms with Gasteiger partial charge in [0.2, 0.25) is 0 Å². The van der Waals surface area contributed by atoms with Gasteiger partial charge in [0.25, 0.3) is 5.91 Å². The van der Waals surface area contributed by atoms with Gasteiger partial charge in [-0.3, -0.25) is 4.79 Å². The molecule has 0 spiro atoms. The lowest BCUT2D eigenvalue weighted by Crippen LogP contribution is -2.29. The second-order valence-corrected chi connectivity index (χ2v) is 5.86. The Morgan fingerprint density at radius 3 is 2.95 bits per heavy atom. The Labute approximate surface area is 120 Å². The van der Waals surface area contributed by atoms with E-state index in [0.717, 1.165) is 38.8 Å². The Morgan fingerprint density at radius 2 is 2.25 bits per heavy atom. The molecule has 20 heavy (non-hydrogen) atoms. The molecule has 112 valence electrons. The molecule has 1 aromatic rings. The van der Waals surface area contributed by atoms with Crippen molar-refractivity contribution in [2.45, 2.75) is 45.6 Å². The van der Waals surface area contributed by atoms with Gasteiger partial charge in [0.05, 0.1) is 12.2 Å². The molecule has 1 amide bonds. The Morgan fingerprint density at radius 1 is 1.50 bits per heavy atom. The number of rotatable bonds is 6. The van der Waals surface area contributed by atoms with Gasteiger partial charge in [0, 0.05) is 6.54 Å². The number of aromatic nitrogens is 3. The first-order valence-corrected chi connectivity index (χ1v) is 7.57. The molecule has 0 saturated carbocycles. The lowest BCUT2D eigenvalue weighted by Gasteiger charge is -2.22. The van der Waals surface area contributed by atoms with Gasteiger partial charge in [-0.25, -0.2) is 4.68 Å². The van der Waals surface area contributed by atoms with Crippen LogP contribution < -0.4 is 10.6 Å². The number of amides is 1. The van der Waals surface area contributed by atoms with E-state index in [1.54, 1.807) is 6.20 Å². The van der Waals surface area contributed by atoms with Crippen molar-refractivity contribution >= 4 is 5.91 Å². The summed E-state index contributed by atoms with van der Waals surface area (Å²) < 4.78 is 1.84. The van der Waals surface area contributed by atoms with E-state index in [4.69, 9.17) is 0 Å². The third kappa shape index (κ3) is 4.30. The third-order valence-corrected chi connectivity index (χ3v) is 3.67. The highest BCUT2D eigenvalue weighted by atomic mass is 16.2. The van der Waals surface area contributed by atoms with Crippen LogP contribution in [0, 0.1) is 5.92 Å². The SMILES string of the molecule is CC(C)CCCNC(=O)c1cn(C2CCNCC2)nn1. The average Bonchev–Trinajstić information content (AvgIpc) is 2.94. The summed E-state index contributed by atoms with van der Waals surface area (Å²) >= 11 is 0. The fraction of sp³-hybridized carbons (Fsp3) is 0.786. The molecule has 1 aromatic heterocycles. The number of nitrogens with zero attached hydrogens (tertiary/aromatic N) is 3. The quantitative estimate of drug-likeness (QED) is 0.771. The molecule has 1 fully saturated rings. The van der Waals surface area contributed by atoms with Crippen LogP contribution in [0.15, 0.2) is 6.20 Å². The van der Waals surface area contributed by atoms with Gasteiger partial charge in [0.15, 0.2) is 5.69 Å². The Hall–Kier alpha value is -1.43. The van der Waals surface area contributed by atoms with Gasteiger partial charge in [-0.1, -0.05) is 19.1 Å². The summed E-state index contributed by atoms with van der Waals surface area (Å²) in [5, 5.41) is 14.3. The van der Waals surface area contributed by atoms with E-state index in [0.29, 0.717) is 24.2 Å². The zero-order chi connectivity index (χ0) is 14.4. The van der Waals surface area contributed by atoms with Gasteiger partial charge in [-0.05, 0) is 44.7 Å². The van der Waals surface area contributed by atoms with Gasteiger partial charge < -0.3 is 10.6 Å². The molecule has 0 unspecified atom stereocenters. The minimum atomic E-state index is -0.117. The van der Waals surface area contributed by atoms with Gasteiger partial charge in [-0.2, -0.15) is 0 Å². The van der Waals surface area contributed by atoms with Crippen LogP contribution in [0.4, 0.5) is 0 Å². The fourth-order valence-electron chi connectivity index (χ4n) is 2.43. The number of nitrogens with one attached hydrogen (secondary N) is 2. The summed E-state index contributed by atoms with van der Waals surface area (Å²) in [6.07, 6.45) is 5.99. The van der Waals surface area contributed by atoms with Gasteiger partial charge >= 0.3 is 0 Å². The third-order valence-electron chi connectivity index (χ3n) is 3.67. The van der Waals surface area contributed by atoms with Crippen LogP contribution in [-0.2, 0) is 0 Å². The molecular weight excluding hydrogens is 254 g/mol. The number of piperidine rings is 1. The zero-order valence-electron chi connectivity index (χ0n) is 12.4. The smallest absolute Gasteiger partial charge is 0.273 e. The molecule has 6 nitrogen and oxygen atoms in total. The lowest BCUT2D eigenvalue weighted by molar-refractivity contribution is 0.0947. The fourth-order valence-corrected chi connectivity index (χ4v) is 2.43. The van der Waals surface area contributed by atoms with Crippen LogP contribution in [0.5, 0.6) is 0 Å². The first-order valence-electron chi connectivity index (χ1n) is 7.57. The molecule has 0 radical (unpaired) electrons. The summed E-state index contributed by atoms with van der Waals surface area (Å²) in [6.45, 7) is 7.08. The molecule has 2 heterocycles. The van der Waals surface area contributed by atoms with Crippen LogP contribution >= 0.6 is 0 Å². The maximum absolute atomic E-state index is 11.9. The molecular formula is C14H25N5O. The predicted octanol–water partition coefficient (Wildman–Crippen LogP) is 1.37. The highest BCUT2D eigenvalue weighted by molar-refractivity contribution is 5.91. The first-order chi connectivity index (χ1) is 9.66. The average molecular weight is 279 g/mol. The highest BCUT2D eigenvalue weighted by Gasteiger charge is 2.18. The van der Waals surface area contributed by atoms with Gasteiger partial charge in [-0.15, -0.1) is 5.10 Å². The van der Waals surface area contributed by atoms with Crippen molar-refractivity contribution in [1.82, 2.24) is 25.6 Å². The van der Waals surface area contributed by atoms with E-state index < -0.39 is 0 Å². The van der Waals surface area contributed by atoms with Crippen molar-refractivity contribution in [3.8, 4) is 0 Å². The van der Waals surface area contributed by atoms with E-state index in [1.165, 1.54) is 0 Å². The van der Waals surface area contributed by atoms with Crippen molar-refractivity contribution in [2.24, 2.45) is 5.92 Å². The van der Waals surface area contributed by atoms with Crippen LogP contribution in [0.1, 0.15) is 56.1 Å². The summed E-state index contributed by atoms with van der Waals surface area (Å²) in [4.78, 5) is 11.9. The molecule has 2 rings (SSSR count). The molecule has 0 aliphatic carbocycles. The molecule has 0 bridgehead atoms. The van der Waals surface area contributed by atoms with E-state index in [9.17, 15) is 4.79 Å². The number of hydrogen-bond acceptors (Lipinski definition) is 4. The first kappa shape index (κ1) is 15.0. The number of hydrogen-bond donors (Lipinski definition) is 2. The summed E-state index contributed by atoms with van der Waals surface area (Å²) in [7, 11) is 0. The van der Waals surface area contributed by atoms with E-state index in [1.807, 2.05) is 4.68 Å². The molecule has 1 aliphatic rings. The van der Waals surface area contributed by atoms with Crippen molar-refractivity contribution in [1.29, 1.82) is 0 Å². The second-order valence-electron chi connectivity index (χ2n) is 5.86. The van der Waals surface area contributed by atoms with Crippen LogP contribution in [0.3, 0.4) is 0 Å². The number of carbonyl (C=O) groups is 1. The minimum absolute atomic E-state index is 0.117. The van der Waals surface area contributed by atoms with Crippen LogP contribution in [0.2, 0.25) is 0 Å². The summed E-state index contributed by atoms with van der Waals surface area (Å²) in [6, 6.07) is 0.367. The van der Waals surface area contributed by atoms with Crippen molar-refractivity contribution in [3.05, 3.63) is 11.9 Å². The summed E-state index contributed by atoms with van der Waals surface area (Å²) in [5.41, 5.74) is 0.424. The van der Waals surface area contributed by atoms with Crippen LogP contribution in [-0.4, -0.2) is 40.5 Å². The van der Waals surface area contributed by atoms with Crippen molar-refractivity contribution in [2.75, 3.05) is 19.6 Å². The molecule has 6 heteroatoms. The van der Waals surface area contributed by atoms with E-state index in [-0.39, 0.29) is 5.91 Å². The standard InChI is InChI=1S/C14H25N5O/c1-11(2)4-3-7-16-14(20)13-10-19(18-17-13)12-5-8-15-9-6-12/h10-12,15H,3-9H2,1-2H3,(H,16,20). The predicted molar refractivity (Wildman–Crippen MR) is 77.6 cm³/mol. The molecule has 0 atom stereocenters. The maximum Gasteiger partial charge on any atom is 0.273 e. The summed E-state index contributed by atoms with van der Waals surface area (Å²) in [5.74, 6) is 0.557. The largest absolute Gasteiger partial charge is 0.351 e. The number of carbonyl (C=O) groups excluding carboxylic acids is 1. The van der Waals surface area contributed by atoms with E-state index in [2.05, 4.69) is 34.8 Å². The Bertz CT molecular complexity index is 423. The lowest BCUT2D eigenvalue weighted by atomic mass is 10.1.